The molecular weight excluding hydrogens is 214 g/mol. The van der Waals surface area contributed by atoms with Gasteiger partial charge in [0.05, 0.1) is 6.20 Å². The molecule has 17 heavy (non-hydrogen) atoms. The van der Waals surface area contributed by atoms with Crippen molar-refractivity contribution in [3.05, 3.63) is 18.0 Å². The number of piperazine rings is 1. The van der Waals surface area contributed by atoms with Gasteiger partial charge in [0.1, 0.15) is 0 Å². The van der Waals surface area contributed by atoms with E-state index in [1.165, 1.54) is 0 Å². The highest BCUT2D eigenvalue weighted by Crippen LogP contribution is 2.11. The van der Waals surface area contributed by atoms with Crippen LogP contribution >= 0.6 is 0 Å². The van der Waals surface area contributed by atoms with Crippen LogP contribution < -0.4 is 5.73 Å². The molecule has 0 spiro atoms. The number of aromatic nitrogens is 2. The first-order valence-corrected chi connectivity index (χ1v) is 6.38. The second kappa shape index (κ2) is 5.62. The standard InChI is InChI=1S/C12H23N5/c1-3-16-4-6-17(7-5-16)10-12(13)11-8-14-15(2)9-11/h8-9,12H,3-7,10,13H2,1-2H3. The van der Waals surface area contributed by atoms with Crippen molar-refractivity contribution >= 4 is 0 Å². The van der Waals surface area contributed by atoms with Gasteiger partial charge in [0, 0.05) is 57.6 Å². The summed E-state index contributed by atoms with van der Waals surface area (Å²) in [5, 5.41) is 4.17. The molecule has 0 bridgehead atoms. The zero-order valence-corrected chi connectivity index (χ0v) is 10.8. The Hall–Kier alpha value is -0.910. The van der Waals surface area contributed by atoms with E-state index in [4.69, 9.17) is 5.73 Å². The van der Waals surface area contributed by atoms with Gasteiger partial charge in [-0.1, -0.05) is 6.92 Å². The van der Waals surface area contributed by atoms with E-state index in [1.807, 2.05) is 24.1 Å². The van der Waals surface area contributed by atoms with E-state index in [0.29, 0.717) is 0 Å². The second-order valence-electron chi connectivity index (χ2n) is 4.79. The molecule has 2 heterocycles. The molecule has 2 N–H and O–H groups in total. The Morgan fingerprint density at radius 2 is 1.94 bits per heavy atom. The van der Waals surface area contributed by atoms with Gasteiger partial charge in [-0.05, 0) is 6.54 Å². The summed E-state index contributed by atoms with van der Waals surface area (Å²) in [5.41, 5.74) is 7.33. The number of aryl methyl sites for hydroxylation is 1. The molecule has 96 valence electrons. The van der Waals surface area contributed by atoms with E-state index in [9.17, 15) is 0 Å². The summed E-state index contributed by atoms with van der Waals surface area (Å²) < 4.78 is 1.81. The SMILES string of the molecule is CCN1CCN(CC(N)c2cnn(C)c2)CC1. The van der Waals surface area contributed by atoms with E-state index >= 15 is 0 Å². The third-order valence-electron chi connectivity index (χ3n) is 3.52. The molecule has 1 atom stereocenters. The topological polar surface area (TPSA) is 50.3 Å². The van der Waals surface area contributed by atoms with Crippen molar-refractivity contribution in [1.82, 2.24) is 19.6 Å². The van der Waals surface area contributed by atoms with Crippen molar-refractivity contribution in [3.8, 4) is 0 Å². The maximum Gasteiger partial charge on any atom is 0.0537 e. The summed E-state index contributed by atoms with van der Waals surface area (Å²) in [4.78, 5) is 4.93. The molecule has 1 aliphatic rings. The van der Waals surface area contributed by atoms with Crippen LogP contribution in [0.25, 0.3) is 0 Å². The number of rotatable bonds is 4. The minimum Gasteiger partial charge on any atom is -0.323 e. The summed E-state index contributed by atoms with van der Waals surface area (Å²) in [6, 6.07) is 0.0804. The lowest BCUT2D eigenvalue weighted by molar-refractivity contribution is 0.131. The van der Waals surface area contributed by atoms with Crippen molar-refractivity contribution in [2.24, 2.45) is 12.8 Å². The molecule has 1 aromatic heterocycles. The first kappa shape index (κ1) is 12.5. The zero-order chi connectivity index (χ0) is 12.3. The Bertz CT molecular complexity index is 340. The monoisotopic (exact) mass is 237 g/mol. The number of hydrogen-bond donors (Lipinski definition) is 1. The Balaban J connectivity index is 1.81. The van der Waals surface area contributed by atoms with Gasteiger partial charge in [-0.2, -0.15) is 5.10 Å². The number of nitrogens with two attached hydrogens (primary N) is 1. The molecule has 0 saturated carbocycles. The lowest BCUT2D eigenvalue weighted by Crippen LogP contribution is -2.47. The lowest BCUT2D eigenvalue weighted by Gasteiger charge is -2.35. The van der Waals surface area contributed by atoms with E-state index < -0.39 is 0 Å². The van der Waals surface area contributed by atoms with Crippen LogP contribution in [0.4, 0.5) is 0 Å². The van der Waals surface area contributed by atoms with Crippen molar-refractivity contribution in [2.45, 2.75) is 13.0 Å². The van der Waals surface area contributed by atoms with Crippen molar-refractivity contribution in [1.29, 1.82) is 0 Å². The molecular formula is C12H23N5. The second-order valence-corrected chi connectivity index (χ2v) is 4.79. The van der Waals surface area contributed by atoms with Gasteiger partial charge in [0.25, 0.3) is 0 Å². The average Bonchev–Trinajstić information content (AvgIpc) is 2.77. The smallest absolute Gasteiger partial charge is 0.0537 e. The van der Waals surface area contributed by atoms with Crippen LogP contribution in [0.2, 0.25) is 0 Å². The van der Waals surface area contributed by atoms with Crippen molar-refractivity contribution < 1.29 is 0 Å². The fourth-order valence-electron chi connectivity index (χ4n) is 2.30. The van der Waals surface area contributed by atoms with E-state index in [2.05, 4.69) is 21.8 Å². The van der Waals surface area contributed by atoms with Gasteiger partial charge in [-0.15, -0.1) is 0 Å². The Morgan fingerprint density at radius 3 is 2.47 bits per heavy atom. The van der Waals surface area contributed by atoms with Crippen LogP contribution in [0.5, 0.6) is 0 Å². The number of likely N-dealkylation sites (N-methyl/N-ethyl adjacent to an activating group) is 1. The predicted octanol–water partition coefficient (Wildman–Crippen LogP) is 0.0574. The van der Waals surface area contributed by atoms with E-state index in [1.54, 1.807) is 0 Å². The Kier molecular flexibility index (Phi) is 4.15. The highest BCUT2D eigenvalue weighted by atomic mass is 15.3. The summed E-state index contributed by atoms with van der Waals surface area (Å²) in [6.45, 7) is 8.89. The molecule has 0 aromatic carbocycles. The molecule has 1 unspecified atom stereocenters. The van der Waals surface area contributed by atoms with Crippen LogP contribution in [0.3, 0.4) is 0 Å². The third-order valence-corrected chi connectivity index (χ3v) is 3.52. The fraction of sp³-hybridized carbons (Fsp3) is 0.750. The molecule has 5 heteroatoms. The molecule has 1 aliphatic heterocycles. The first-order chi connectivity index (χ1) is 8.19. The largest absolute Gasteiger partial charge is 0.323 e. The van der Waals surface area contributed by atoms with Crippen LogP contribution in [-0.2, 0) is 7.05 Å². The average molecular weight is 237 g/mol. The minimum absolute atomic E-state index is 0.0804. The normalized spacial score (nSPS) is 20.6. The van der Waals surface area contributed by atoms with E-state index in [0.717, 1.165) is 44.8 Å². The molecule has 0 amide bonds. The molecule has 1 fully saturated rings. The summed E-state index contributed by atoms with van der Waals surface area (Å²) >= 11 is 0. The van der Waals surface area contributed by atoms with Crippen LogP contribution in [-0.4, -0.2) is 58.8 Å². The molecule has 5 nitrogen and oxygen atoms in total. The van der Waals surface area contributed by atoms with Gasteiger partial charge in [0.15, 0.2) is 0 Å². The van der Waals surface area contributed by atoms with E-state index in [-0.39, 0.29) is 6.04 Å². The predicted molar refractivity (Wildman–Crippen MR) is 68.7 cm³/mol. The summed E-state index contributed by atoms with van der Waals surface area (Å²) in [5.74, 6) is 0. The molecule has 0 radical (unpaired) electrons. The van der Waals surface area contributed by atoms with Crippen molar-refractivity contribution in [2.75, 3.05) is 39.3 Å². The van der Waals surface area contributed by atoms with Crippen LogP contribution in [0, 0.1) is 0 Å². The van der Waals surface area contributed by atoms with Crippen LogP contribution in [0.15, 0.2) is 12.4 Å². The minimum atomic E-state index is 0.0804. The molecule has 1 saturated heterocycles. The maximum absolute atomic E-state index is 6.20. The van der Waals surface area contributed by atoms with Crippen LogP contribution in [0.1, 0.15) is 18.5 Å². The lowest BCUT2D eigenvalue weighted by atomic mass is 10.1. The molecule has 2 rings (SSSR count). The quantitative estimate of drug-likeness (QED) is 0.804. The van der Waals surface area contributed by atoms with Gasteiger partial charge < -0.3 is 10.6 Å². The fourth-order valence-corrected chi connectivity index (χ4v) is 2.30. The number of nitrogens with zero attached hydrogens (tertiary/aromatic N) is 4. The Labute approximate surface area is 103 Å². The number of hydrogen-bond acceptors (Lipinski definition) is 4. The van der Waals surface area contributed by atoms with Crippen molar-refractivity contribution in [3.63, 3.8) is 0 Å². The highest BCUT2D eigenvalue weighted by molar-refractivity contribution is 5.10. The highest BCUT2D eigenvalue weighted by Gasteiger charge is 2.18. The third kappa shape index (κ3) is 3.28. The summed E-state index contributed by atoms with van der Waals surface area (Å²) in [6.07, 6.45) is 3.87. The van der Waals surface area contributed by atoms with Gasteiger partial charge in [-0.25, -0.2) is 0 Å². The molecule has 0 aliphatic carbocycles. The first-order valence-electron chi connectivity index (χ1n) is 6.38. The van der Waals surface area contributed by atoms with Gasteiger partial charge in [-0.3, -0.25) is 9.58 Å². The molecule has 1 aromatic rings. The summed E-state index contributed by atoms with van der Waals surface area (Å²) in [7, 11) is 1.93. The van der Waals surface area contributed by atoms with Gasteiger partial charge >= 0.3 is 0 Å². The van der Waals surface area contributed by atoms with Gasteiger partial charge in [0.2, 0.25) is 0 Å². The Morgan fingerprint density at radius 1 is 1.29 bits per heavy atom. The zero-order valence-electron chi connectivity index (χ0n) is 10.8. The maximum atomic E-state index is 6.20.